The fourth-order valence-corrected chi connectivity index (χ4v) is 5.05. The molecule has 1 heterocycles. The van der Waals surface area contributed by atoms with Gasteiger partial charge < -0.3 is 0 Å². The average molecular weight is 374 g/mol. The summed E-state index contributed by atoms with van der Waals surface area (Å²) in [6.45, 7) is 2.46. The van der Waals surface area contributed by atoms with Gasteiger partial charge in [0.2, 0.25) is 10.0 Å². The van der Waals surface area contributed by atoms with Crippen LogP contribution in [0, 0.1) is 17.0 Å². The van der Waals surface area contributed by atoms with Crippen LogP contribution in [-0.4, -0.2) is 24.2 Å². The fraction of sp³-hybridized carbons (Fsp3) is 0.368. The summed E-state index contributed by atoms with van der Waals surface area (Å²) in [5.41, 5.74) is 2.00. The second-order valence-electron chi connectivity index (χ2n) is 6.64. The van der Waals surface area contributed by atoms with Gasteiger partial charge in [-0.05, 0) is 37.5 Å². The van der Waals surface area contributed by atoms with E-state index in [2.05, 4.69) is 0 Å². The standard InChI is InChI=1S/C19H22N2O4S/c1-15-6-8-16(9-7-15)19-5-3-2-4-14-20(19)26(24,25)18-12-10-17(11-13-18)21(22)23/h6-13,19H,2-5,14H2,1H3/t19-/m1/s1. The minimum Gasteiger partial charge on any atom is -0.258 e. The second kappa shape index (κ2) is 7.55. The Labute approximate surface area is 153 Å². The molecule has 1 aliphatic heterocycles. The van der Waals surface area contributed by atoms with Crippen molar-refractivity contribution in [2.45, 2.75) is 43.5 Å². The third-order valence-corrected chi connectivity index (χ3v) is 6.74. The zero-order chi connectivity index (χ0) is 18.7. The third kappa shape index (κ3) is 3.78. The molecule has 1 saturated heterocycles. The van der Waals surface area contributed by atoms with Crippen molar-refractivity contribution in [1.29, 1.82) is 0 Å². The van der Waals surface area contributed by atoms with E-state index in [9.17, 15) is 18.5 Å². The van der Waals surface area contributed by atoms with Gasteiger partial charge >= 0.3 is 0 Å². The van der Waals surface area contributed by atoms with Gasteiger partial charge in [-0.15, -0.1) is 0 Å². The predicted octanol–water partition coefficient (Wildman–Crippen LogP) is 4.21. The molecule has 0 unspecified atom stereocenters. The van der Waals surface area contributed by atoms with E-state index in [4.69, 9.17) is 0 Å². The summed E-state index contributed by atoms with van der Waals surface area (Å²) in [7, 11) is -3.72. The maximum absolute atomic E-state index is 13.2. The van der Waals surface area contributed by atoms with E-state index in [1.807, 2.05) is 31.2 Å². The molecule has 0 radical (unpaired) electrons. The highest BCUT2D eigenvalue weighted by molar-refractivity contribution is 7.89. The summed E-state index contributed by atoms with van der Waals surface area (Å²) in [6.07, 6.45) is 3.56. The van der Waals surface area contributed by atoms with Crippen molar-refractivity contribution in [3.05, 3.63) is 69.8 Å². The van der Waals surface area contributed by atoms with Crippen molar-refractivity contribution in [3.8, 4) is 0 Å². The number of nitro benzene ring substituents is 1. The maximum Gasteiger partial charge on any atom is 0.269 e. The molecule has 0 aliphatic carbocycles. The van der Waals surface area contributed by atoms with Crippen LogP contribution in [0.2, 0.25) is 0 Å². The fourth-order valence-electron chi connectivity index (χ4n) is 3.37. The zero-order valence-corrected chi connectivity index (χ0v) is 15.5. The largest absolute Gasteiger partial charge is 0.269 e. The van der Waals surface area contributed by atoms with E-state index in [1.165, 1.54) is 24.3 Å². The van der Waals surface area contributed by atoms with E-state index in [0.29, 0.717) is 6.54 Å². The molecule has 1 fully saturated rings. The van der Waals surface area contributed by atoms with Crippen LogP contribution >= 0.6 is 0 Å². The molecule has 1 aliphatic rings. The average Bonchev–Trinajstić information content (AvgIpc) is 2.89. The highest BCUT2D eigenvalue weighted by Gasteiger charge is 2.33. The first kappa shape index (κ1) is 18.5. The number of nitro groups is 1. The van der Waals surface area contributed by atoms with Crippen LogP contribution in [0.25, 0.3) is 0 Å². The third-order valence-electron chi connectivity index (χ3n) is 4.82. The van der Waals surface area contributed by atoms with Crippen molar-refractivity contribution >= 4 is 15.7 Å². The molecule has 6 nitrogen and oxygen atoms in total. The highest BCUT2D eigenvalue weighted by Crippen LogP contribution is 2.35. The number of non-ortho nitro benzene ring substituents is 1. The first-order chi connectivity index (χ1) is 12.4. The van der Waals surface area contributed by atoms with Gasteiger partial charge in [0, 0.05) is 18.7 Å². The summed E-state index contributed by atoms with van der Waals surface area (Å²) in [6, 6.07) is 12.9. The number of hydrogen-bond acceptors (Lipinski definition) is 4. The molecular formula is C19H22N2O4S. The van der Waals surface area contributed by atoms with E-state index in [1.54, 1.807) is 4.31 Å². The van der Waals surface area contributed by atoms with Crippen molar-refractivity contribution in [1.82, 2.24) is 4.31 Å². The number of nitrogens with zero attached hydrogens (tertiary/aromatic N) is 2. The van der Waals surface area contributed by atoms with Crippen molar-refractivity contribution in [3.63, 3.8) is 0 Å². The summed E-state index contributed by atoms with van der Waals surface area (Å²) < 4.78 is 28.0. The lowest BCUT2D eigenvalue weighted by atomic mass is 10.0. The summed E-state index contributed by atoms with van der Waals surface area (Å²) in [4.78, 5) is 10.4. The van der Waals surface area contributed by atoms with Gasteiger partial charge in [-0.1, -0.05) is 42.7 Å². The van der Waals surface area contributed by atoms with Gasteiger partial charge in [-0.3, -0.25) is 10.1 Å². The SMILES string of the molecule is Cc1ccc([C@H]2CCCCCN2S(=O)(=O)c2ccc([N+](=O)[O-])cc2)cc1. The van der Waals surface area contributed by atoms with Crippen LogP contribution in [0.3, 0.4) is 0 Å². The molecule has 0 spiro atoms. The minimum atomic E-state index is -3.72. The molecule has 2 aromatic carbocycles. The van der Waals surface area contributed by atoms with Crippen LogP contribution < -0.4 is 0 Å². The monoisotopic (exact) mass is 374 g/mol. The van der Waals surface area contributed by atoms with Crippen molar-refractivity contribution in [2.24, 2.45) is 0 Å². The van der Waals surface area contributed by atoms with Crippen LogP contribution in [0.15, 0.2) is 53.4 Å². The molecular weight excluding hydrogens is 352 g/mol. The number of benzene rings is 2. The molecule has 0 saturated carbocycles. The van der Waals surface area contributed by atoms with Gasteiger partial charge in [0.05, 0.1) is 15.9 Å². The Balaban J connectivity index is 1.98. The Morgan fingerprint density at radius 1 is 1.00 bits per heavy atom. The Hall–Kier alpha value is -2.25. The van der Waals surface area contributed by atoms with Crippen LogP contribution in [0.1, 0.15) is 42.9 Å². The van der Waals surface area contributed by atoms with Gasteiger partial charge in [0.1, 0.15) is 0 Å². The van der Waals surface area contributed by atoms with E-state index < -0.39 is 14.9 Å². The van der Waals surface area contributed by atoms with Gasteiger partial charge in [0.25, 0.3) is 5.69 Å². The Morgan fingerprint density at radius 3 is 2.27 bits per heavy atom. The van der Waals surface area contributed by atoms with E-state index >= 15 is 0 Å². The second-order valence-corrected chi connectivity index (χ2v) is 8.53. The lowest BCUT2D eigenvalue weighted by Gasteiger charge is -2.29. The maximum atomic E-state index is 13.2. The Bertz CT molecular complexity index is 877. The van der Waals surface area contributed by atoms with Crippen molar-refractivity contribution in [2.75, 3.05) is 6.54 Å². The number of sulfonamides is 1. The van der Waals surface area contributed by atoms with Crippen LogP contribution in [-0.2, 0) is 10.0 Å². The number of rotatable bonds is 4. The molecule has 2 aromatic rings. The normalized spacial score (nSPS) is 19.0. The minimum absolute atomic E-state index is 0.0992. The molecule has 0 bridgehead atoms. The predicted molar refractivity (Wildman–Crippen MR) is 99.4 cm³/mol. The zero-order valence-electron chi connectivity index (χ0n) is 14.7. The van der Waals surface area contributed by atoms with Gasteiger partial charge in [0.15, 0.2) is 0 Å². The molecule has 26 heavy (non-hydrogen) atoms. The Morgan fingerprint density at radius 2 is 1.65 bits per heavy atom. The first-order valence-electron chi connectivity index (χ1n) is 8.72. The smallest absolute Gasteiger partial charge is 0.258 e. The van der Waals surface area contributed by atoms with E-state index in [-0.39, 0.29) is 16.6 Å². The lowest BCUT2D eigenvalue weighted by molar-refractivity contribution is -0.384. The molecule has 0 amide bonds. The number of hydrogen-bond donors (Lipinski definition) is 0. The van der Waals surface area contributed by atoms with Crippen LogP contribution in [0.4, 0.5) is 5.69 Å². The lowest BCUT2D eigenvalue weighted by Crippen LogP contribution is -2.34. The molecule has 0 aromatic heterocycles. The molecule has 138 valence electrons. The molecule has 1 atom stereocenters. The molecule has 0 N–H and O–H groups in total. The van der Waals surface area contributed by atoms with Crippen molar-refractivity contribution < 1.29 is 13.3 Å². The quantitative estimate of drug-likeness (QED) is 0.593. The topological polar surface area (TPSA) is 80.5 Å². The van der Waals surface area contributed by atoms with Gasteiger partial charge in [-0.25, -0.2) is 8.42 Å². The summed E-state index contributed by atoms with van der Waals surface area (Å²) >= 11 is 0. The highest BCUT2D eigenvalue weighted by atomic mass is 32.2. The Kier molecular flexibility index (Phi) is 5.38. The molecule has 7 heteroatoms. The number of aryl methyl sites for hydroxylation is 1. The summed E-state index contributed by atoms with van der Waals surface area (Å²) in [5.74, 6) is 0. The van der Waals surface area contributed by atoms with Gasteiger partial charge in [-0.2, -0.15) is 4.31 Å². The first-order valence-corrected chi connectivity index (χ1v) is 10.2. The molecule has 3 rings (SSSR count). The summed E-state index contributed by atoms with van der Waals surface area (Å²) in [5, 5.41) is 10.8. The van der Waals surface area contributed by atoms with E-state index in [0.717, 1.165) is 36.8 Å². The van der Waals surface area contributed by atoms with Crippen LogP contribution in [0.5, 0.6) is 0 Å².